The molecule has 1 aromatic carbocycles. The number of urea groups is 1. The number of hydrogen-bond donors (Lipinski definition) is 1. The zero-order valence-corrected chi connectivity index (χ0v) is 14.8. The summed E-state index contributed by atoms with van der Waals surface area (Å²) in [5.41, 5.74) is 3.54. The number of halogens is 1. The number of hydrogen-bond acceptors (Lipinski definition) is 3. The molecule has 0 radical (unpaired) electrons. The number of benzene rings is 1. The Kier molecular flexibility index (Phi) is 4.90. The van der Waals surface area contributed by atoms with Crippen molar-refractivity contribution in [3.63, 3.8) is 0 Å². The van der Waals surface area contributed by atoms with E-state index in [1.807, 2.05) is 37.2 Å². The van der Waals surface area contributed by atoms with Crippen molar-refractivity contribution in [2.45, 2.75) is 19.1 Å². The highest BCUT2D eigenvalue weighted by atomic mass is 35.5. The number of thiophene rings is 1. The van der Waals surface area contributed by atoms with Crippen LogP contribution in [0.2, 0.25) is 5.02 Å². The molecule has 3 rings (SSSR count). The molecule has 122 valence electrons. The van der Waals surface area contributed by atoms with Crippen molar-refractivity contribution in [3.8, 4) is 0 Å². The van der Waals surface area contributed by atoms with Crippen molar-refractivity contribution in [2.75, 3.05) is 20.6 Å². The summed E-state index contributed by atoms with van der Waals surface area (Å²) >= 11 is 7.70. The summed E-state index contributed by atoms with van der Waals surface area (Å²) < 4.78 is 0. The van der Waals surface area contributed by atoms with Crippen LogP contribution in [0.4, 0.5) is 4.79 Å². The predicted octanol–water partition coefficient (Wildman–Crippen LogP) is 3.73. The van der Waals surface area contributed by atoms with Gasteiger partial charge in [0.1, 0.15) is 0 Å². The monoisotopic (exact) mass is 349 g/mol. The molecule has 0 bridgehead atoms. The fourth-order valence-electron chi connectivity index (χ4n) is 2.87. The molecule has 23 heavy (non-hydrogen) atoms. The number of carbonyl (C=O) groups excluding carboxylic acids is 1. The van der Waals surface area contributed by atoms with Crippen molar-refractivity contribution in [2.24, 2.45) is 0 Å². The van der Waals surface area contributed by atoms with Gasteiger partial charge in [-0.25, -0.2) is 4.79 Å². The summed E-state index contributed by atoms with van der Waals surface area (Å²) in [5, 5.41) is 7.97. The van der Waals surface area contributed by atoms with E-state index in [2.05, 4.69) is 27.0 Å². The minimum atomic E-state index is -0.0283. The van der Waals surface area contributed by atoms with Gasteiger partial charge in [-0.1, -0.05) is 17.7 Å². The predicted molar refractivity (Wildman–Crippen MR) is 94.8 cm³/mol. The maximum absolute atomic E-state index is 12.5. The molecule has 2 heterocycles. The Morgan fingerprint density at radius 2 is 2.13 bits per heavy atom. The van der Waals surface area contributed by atoms with Crippen LogP contribution in [-0.2, 0) is 13.1 Å². The molecule has 1 atom stereocenters. The quantitative estimate of drug-likeness (QED) is 0.912. The molecule has 2 aromatic rings. The van der Waals surface area contributed by atoms with Crippen LogP contribution >= 0.6 is 22.9 Å². The Hall–Kier alpha value is -1.56. The largest absolute Gasteiger partial charge is 0.336 e. The molecule has 1 unspecified atom stereocenters. The van der Waals surface area contributed by atoms with Gasteiger partial charge in [-0.3, -0.25) is 0 Å². The maximum Gasteiger partial charge on any atom is 0.318 e. The molecule has 6 heteroatoms. The number of carbonyl (C=O) groups is 1. The van der Waals surface area contributed by atoms with Gasteiger partial charge in [0.05, 0.1) is 6.04 Å². The number of likely N-dealkylation sites (N-methyl/N-ethyl adjacent to an activating group) is 1. The summed E-state index contributed by atoms with van der Waals surface area (Å²) in [6.45, 7) is 1.85. The number of rotatable bonds is 4. The first-order valence-corrected chi connectivity index (χ1v) is 8.85. The highest BCUT2D eigenvalue weighted by Crippen LogP contribution is 2.26. The molecule has 0 saturated heterocycles. The van der Waals surface area contributed by atoms with Crippen molar-refractivity contribution < 1.29 is 4.79 Å². The minimum absolute atomic E-state index is 0.0283. The number of nitrogens with zero attached hydrogens (tertiary/aromatic N) is 2. The fourth-order valence-corrected chi connectivity index (χ4v) is 3.77. The molecule has 2 amide bonds. The maximum atomic E-state index is 12.5. The number of fused-ring (bicyclic) bond motifs is 1. The summed E-state index contributed by atoms with van der Waals surface area (Å²) in [5.74, 6) is 0. The van der Waals surface area contributed by atoms with Gasteiger partial charge in [0.15, 0.2) is 0 Å². The van der Waals surface area contributed by atoms with Crippen molar-refractivity contribution in [1.29, 1.82) is 0 Å². The highest BCUT2D eigenvalue weighted by molar-refractivity contribution is 7.07. The molecule has 0 saturated carbocycles. The molecule has 0 spiro atoms. The Morgan fingerprint density at radius 3 is 2.83 bits per heavy atom. The first-order chi connectivity index (χ1) is 11.0. The van der Waals surface area contributed by atoms with E-state index < -0.39 is 0 Å². The summed E-state index contributed by atoms with van der Waals surface area (Å²) in [6, 6.07) is 8.08. The van der Waals surface area contributed by atoms with Crippen molar-refractivity contribution in [3.05, 3.63) is 56.7 Å². The van der Waals surface area contributed by atoms with Gasteiger partial charge in [0.2, 0.25) is 0 Å². The zero-order valence-electron chi connectivity index (χ0n) is 13.3. The molecule has 0 aliphatic carbocycles. The molecule has 1 N–H and O–H groups in total. The molecule has 1 aliphatic rings. The summed E-state index contributed by atoms with van der Waals surface area (Å²) in [6.07, 6.45) is 0. The van der Waals surface area contributed by atoms with Crippen LogP contribution in [-0.4, -0.2) is 36.5 Å². The fraction of sp³-hybridized carbons (Fsp3) is 0.353. The van der Waals surface area contributed by atoms with Gasteiger partial charge in [0.25, 0.3) is 0 Å². The zero-order chi connectivity index (χ0) is 16.4. The Labute approximate surface area is 145 Å². The first kappa shape index (κ1) is 16.3. The van der Waals surface area contributed by atoms with E-state index >= 15 is 0 Å². The van der Waals surface area contributed by atoms with Crippen LogP contribution in [0.5, 0.6) is 0 Å². The van der Waals surface area contributed by atoms with Crippen LogP contribution < -0.4 is 5.32 Å². The van der Waals surface area contributed by atoms with Gasteiger partial charge in [-0.05, 0) is 59.7 Å². The second-order valence-electron chi connectivity index (χ2n) is 5.99. The third kappa shape index (κ3) is 3.68. The van der Waals surface area contributed by atoms with Crippen LogP contribution in [0.25, 0.3) is 0 Å². The van der Waals surface area contributed by atoms with Crippen LogP contribution in [0, 0.1) is 0 Å². The smallest absolute Gasteiger partial charge is 0.318 e. The van der Waals surface area contributed by atoms with E-state index in [1.165, 1.54) is 11.1 Å². The average molecular weight is 350 g/mol. The topological polar surface area (TPSA) is 35.6 Å². The lowest BCUT2D eigenvalue weighted by atomic mass is 10.1. The Bertz CT molecular complexity index is 687. The molecule has 4 nitrogen and oxygen atoms in total. The SMILES string of the molecule is CN(C)C(CNC(=O)N1Cc2ccc(Cl)cc2C1)c1ccsc1. The van der Waals surface area contributed by atoms with E-state index in [0.717, 1.165) is 10.6 Å². The van der Waals surface area contributed by atoms with E-state index in [1.54, 1.807) is 11.3 Å². The first-order valence-electron chi connectivity index (χ1n) is 7.53. The number of amides is 2. The minimum Gasteiger partial charge on any atom is -0.336 e. The van der Waals surface area contributed by atoms with Crippen LogP contribution in [0.15, 0.2) is 35.0 Å². The average Bonchev–Trinajstić information content (AvgIpc) is 3.15. The summed E-state index contributed by atoms with van der Waals surface area (Å²) in [4.78, 5) is 16.4. The third-order valence-electron chi connectivity index (χ3n) is 4.18. The Morgan fingerprint density at radius 1 is 1.35 bits per heavy atom. The van der Waals surface area contributed by atoms with Gasteiger partial charge >= 0.3 is 6.03 Å². The lowest BCUT2D eigenvalue weighted by molar-refractivity contribution is 0.193. The van der Waals surface area contributed by atoms with E-state index in [4.69, 9.17) is 11.6 Å². The van der Waals surface area contributed by atoms with Crippen molar-refractivity contribution >= 4 is 29.0 Å². The van der Waals surface area contributed by atoms with Gasteiger partial charge < -0.3 is 15.1 Å². The van der Waals surface area contributed by atoms with E-state index in [-0.39, 0.29) is 12.1 Å². The second kappa shape index (κ2) is 6.91. The molecule has 1 aliphatic heterocycles. The van der Waals surface area contributed by atoms with Gasteiger partial charge in [-0.2, -0.15) is 11.3 Å². The normalized spacial score (nSPS) is 14.9. The standard InChI is InChI=1S/C17H20ClN3OS/c1-20(2)16(13-5-6-23-11-13)8-19-17(22)21-9-12-3-4-15(18)7-14(12)10-21/h3-7,11,16H,8-10H2,1-2H3,(H,19,22). The van der Waals surface area contributed by atoms with Gasteiger partial charge in [-0.15, -0.1) is 0 Å². The second-order valence-corrected chi connectivity index (χ2v) is 7.21. The Balaban J connectivity index is 1.60. The molecule has 1 aromatic heterocycles. The van der Waals surface area contributed by atoms with Gasteiger partial charge in [0, 0.05) is 24.7 Å². The van der Waals surface area contributed by atoms with E-state index in [9.17, 15) is 4.79 Å². The van der Waals surface area contributed by atoms with Crippen molar-refractivity contribution in [1.82, 2.24) is 15.1 Å². The molecular weight excluding hydrogens is 330 g/mol. The summed E-state index contributed by atoms with van der Waals surface area (Å²) in [7, 11) is 4.06. The molecule has 0 fully saturated rings. The number of nitrogens with one attached hydrogen (secondary N) is 1. The lowest BCUT2D eigenvalue weighted by Crippen LogP contribution is -2.40. The molecular formula is C17H20ClN3OS. The third-order valence-corrected chi connectivity index (χ3v) is 5.11. The van der Waals surface area contributed by atoms with Crippen LogP contribution in [0.1, 0.15) is 22.7 Å². The van der Waals surface area contributed by atoms with E-state index in [0.29, 0.717) is 19.6 Å². The highest BCUT2D eigenvalue weighted by Gasteiger charge is 2.24. The van der Waals surface area contributed by atoms with Crippen LogP contribution in [0.3, 0.4) is 0 Å². The lowest BCUT2D eigenvalue weighted by Gasteiger charge is -2.25.